The highest BCUT2D eigenvalue weighted by atomic mass is 32.2. The second kappa shape index (κ2) is 7.31. The van der Waals surface area contributed by atoms with Crippen LogP contribution in [0.15, 0.2) is 117 Å². The highest BCUT2D eigenvalue weighted by Gasteiger charge is 2.22. The predicted octanol–water partition coefficient (Wildman–Crippen LogP) is 7.58. The summed E-state index contributed by atoms with van der Waals surface area (Å²) in [6.07, 6.45) is 0. The molecule has 1 aliphatic heterocycles. The number of hydrogen-bond donors (Lipinski definition) is 0. The molecular weight excluding hydrogens is 404 g/mol. The molecule has 0 amide bonds. The predicted molar refractivity (Wildman–Crippen MR) is 125 cm³/mol. The fraction of sp³-hybridized carbons (Fsp3) is 0. The van der Waals surface area contributed by atoms with Gasteiger partial charge in [-0.05, 0) is 23.3 Å². The maximum absolute atomic E-state index is 5.16. The second-order valence-electron chi connectivity index (χ2n) is 7.07. The summed E-state index contributed by atoms with van der Waals surface area (Å²) in [7, 11) is 0. The fourth-order valence-corrected chi connectivity index (χ4v) is 5.85. The Morgan fingerprint density at radius 3 is 1.27 bits per heavy atom. The fourth-order valence-electron chi connectivity index (χ4n) is 3.77. The van der Waals surface area contributed by atoms with Crippen molar-refractivity contribution in [1.29, 1.82) is 0 Å². The smallest absolute Gasteiger partial charge is 0.134 e. The van der Waals surface area contributed by atoms with Gasteiger partial charge in [-0.2, -0.15) is 0 Å². The van der Waals surface area contributed by atoms with Crippen LogP contribution >= 0.6 is 23.5 Å². The van der Waals surface area contributed by atoms with Crippen LogP contribution in [-0.4, -0.2) is 9.97 Å². The van der Waals surface area contributed by atoms with Gasteiger partial charge in [0.25, 0.3) is 0 Å². The first-order valence-electron chi connectivity index (χ1n) is 9.77. The molecule has 0 saturated carbocycles. The average Bonchev–Trinajstić information content (AvgIpc) is 2.82. The van der Waals surface area contributed by atoms with Crippen LogP contribution < -0.4 is 0 Å². The molecule has 0 aliphatic carbocycles. The summed E-state index contributed by atoms with van der Waals surface area (Å²) in [5.41, 5.74) is 6.45. The second-order valence-corrected chi connectivity index (χ2v) is 9.14. The topological polar surface area (TPSA) is 25.8 Å². The first-order chi connectivity index (χ1) is 14.9. The molecule has 0 N–H and O–H groups in total. The molecular formula is C26H16N2S2. The number of fused-ring (bicyclic) bond motifs is 3. The summed E-state index contributed by atoms with van der Waals surface area (Å²) in [5, 5.41) is 1.96. The van der Waals surface area contributed by atoms with Crippen LogP contribution in [0.3, 0.4) is 0 Å². The Kier molecular flexibility index (Phi) is 4.33. The Bertz CT molecular complexity index is 1280. The Balaban J connectivity index is 1.63. The van der Waals surface area contributed by atoms with E-state index in [2.05, 4.69) is 84.9 Å². The van der Waals surface area contributed by atoms with Crippen molar-refractivity contribution in [2.75, 3.05) is 0 Å². The van der Waals surface area contributed by atoms with Crippen molar-refractivity contribution in [3.05, 3.63) is 97.1 Å². The summed E-state index contributed by atoms with van der Waals surface area (Å²) >= 11 is 3.42. The molecule has 0 saturated heterocycles. The summed E-state index contributed by atoms with van der Waals surface area (Å²) < 4.78 is 0. The zero-order chi connectivity index (χ0) is 19.9. The minimum atomic E-state index is 0.953. The summed E-state index contributed by atoms with van der Waals surface area (Å²) in [6, 6.07) is 33.7. The minimum absolute atomic E-state index is 0.953. The van der Waals surface area contributed by atoms with Gasteiger partial charge in [-0.3, -0.25) is 0 Å². The van der Waals surface area contributed by atoms with Crippen molar-refractivity contribution in [2.24, 2.45) is 0 Å². The van der Waals surface area contributed by atoms with Gasteiger partial charge < -0.3 is 0 Å². The summed E-state index contributed by atoms with van der Waals surface area (Å²) in [5.74, 6) is 0. The van der Waals surface area contributed by atoms with Gasteiger partial charge in [0.2, 0.25) is 0 Å². The molecule has 0 atom stereocenters. The lowest BCUT2D eigenvalue weighted by atomic mass is 9.97. The lowest BCUT2D eigenvalue weighted by Gasteiger charge is -2.19. The molecule has 0 spiro atoms. The van der Waals surface area contributed by atoms with E-state index in [0.717, 1.165) is 43.3 Å². The van der Waals surface area contributed by atoms with Crippen molar-refractivity contribution < 1.29 is 0 Å². The Morgan fingerprint density at radius 2 is 0.833 bits per heavy atom. The molecule has 0 bridgehead atoms. The minimum Gasteiger partial charge on any atom is -0.236 e. The molecule has 1 aromatic heterocycles. The van der Waals surface area contributed by atoms with Crippen LogP contribution in [0.2, 0.25) is 0 Å². The number of benzene rings is 4. The number of aromatic nitrogens is 2. The first kappa shape index (κ1) is 17.8. The molecule has 0 unspecified atom stereocenters. The van der Waals surface area contributed by atoms with Gasteiger partial charge in [0.05, 0.1) is 11.0 Å². The van der Waals surface area contributed by atoms with E-state index in [1.807, 2.05) is 12.1 Å². The van der Waals surface area contributed by atoms with Crippen molar-refractivity contribution >= 4 is 34.6 Å². The van der Waals surface area contributed by atoms with Crippen LogP contribution in [0.5, 0.6) is 0 Å². The third-order valence-corrected chi connectivity index (χ3v) is 7.56. The average molecular weight is 421 g/mol. The number of nitrogens with zero attached hydrogens (tertiary/aromatic N) is 2. The largest absolute Gasteiger partial charge is 0.236 e. The van der Waals surface area contributed by atoms with E-state index in [1.54, 1.807) is 23.5 Å². The van der Waals surface area contributed by atoms with Crippen molar-refractivity contribution in [3.63, 3.8) is 0 Å². The normalized spacial score (nSPS) is 12.4. The van der Waals surface area contributed by atoms with Gasteiger partial charge in [-0.15, -0.1) is 0 Å². The highest BCUT2D eigenvalue weighted by molar-refractivity contribution is 8.05. The van der Waals surface area contributed by atoms with E-state index in [-0.39, 0.29) is 0 Å². The molecule has 2 heterocycles. The van der Waals surface area contributed by atoms with E-state index in [0.29, 0.717) is 0 Å². The molecule has 0 radical (unpaired) electrons. The number of rotatable bonds is 2. The molecule has 1 aliphatic rings. The zero-order valence-electron chi connectivity index (χ0n) is 15.9. The number of hydrogen-bond acceptors (Lipinski definition) is 4. The first-order valence-corrected chi connectivity index (χ1v) is 11.4. The van der Waals surface area contributed by atoms with Crippen LogP contribution in [0.4, 0.5) is 0 Å². The maximum atomic E-state index is 5.16. The standard InChI is InChI=1S/C26H16N2S2/c1-3-9-17(10-4-1)19-15-16-20(18-11-5-2-6-12-18)24-23(19)27-25-26(28-24)30-22-14-8-7-13-21(22)29-25/h1-16H. The third kappa shape index (κ3) is 3.00. The van der Waals surface area contributed by atoms with Gasteiger partial charge in [-0.1, -0.05) is 108 Å². The van der Waals surface area contributed by atoms with E-state index < -0.39 is 0 Å². The molecule has 2 nitrogen and oxygen atoms in total. The molecule has 142 valence electrons. The van der Waals surface area contributed by atoms with Gasteiger partial charge >= 0.3 is 0 Å². The molecule has 4 aromatic carbocycles. The lowest BCUT2D eigenvalue weighted by molar-refractivity contribution is 0.954. The summed E-state index contributed by atoms with van der Waals surface area (Å²) in [4.78, 5) is 12.8. The maximum Gasteiger partial charge on any atom is 0.134 e. The van der Waals surface area contributed by atoms with E-state index in [1.165, 1.54) is 9.79 Å². The molecule has 30 heavy (non-hydrogen) atoms. The Hall–Kier alpha value is -3.08. The van der Waals surface area contributed by atoms with Gasteiger partial charge in [0, 0.05) is 20.9 Å². The SMILES string of the molecule is c1ccc(-c2ccc(-c3ccccc3)c3nc4c(nc23)Sc2ccccc2S4)cc1. The monoisotopic (exact) mass is 420 g/mol. The van der Waals surface area contributed by atoms with Crippen molar-refractivity contribution in [2.45, 2.75) is 19.8 Å². The van der Waals surface area contributed by atoms with Crippen molar-refractivity contribution in [1.82, 2.24) is 9.97 Å². The van der Waals surface area contributed by atoms with Crippen LogP contribution in [-0.2, 0) is 0 Å². The molecule has 4 heteroatoms. The van der Waals surface area contributed by atoms with Crippen LogP contribution in [0, 0.1) is 0 Å². The zero-order valence-corrected chi connectivity index (χ0v) is 17.6. The summed E-state index contributed by atoms with van der Waals surface area (Å²) in [6.45, 7) is 0. The van der Waals surface area contributed by atoms with Gasteiger partial charge in [-0.25, -0.2) is 9.97 Å². The Morgan fingerprint density at radius 1 is 0.433 bits per heavy atom. The third-order valence-electron chi connectivity index (χ3n) is 5.19. The van der Waals surface area contributed by atoms with Crippen molar-refractivity contribution in [3.8, 4) is 22.3 Å². The van der Waals surface area contributed by atoms with E-state index in [9.17, 15) is 0 Å². The van der Waals surface area contributed by atoms with Crippen LogP contribution in [0.1, 0.15) is 0 Å². The van der Waals surface area contributed by atoms with E-state index >= 15 is 0 Å². The molecule has 0 fully saturated rings. The lowest BCUT2D eigenvalue weighted by Crippen LogP contribution is -1.99. The van der Waals surface area contributed by atoms with Gasteiger partial charge in [0.15, 0.2) is 0 Å². The quantitative estimate of drug-likeness (QED) is 0.288. The molecule has 6 rings (SSSR count). The highest BCUT2D eigenvalue weighted by Crippen LogP contribution is 2.48. The van der Waals surface area contributed by atoms with E-state index in [4.69, 9.17) is 9.97 Å². The van der Waals surface area contributed by atoms with Crippen LogP contribution in [0.25, 0.3) is 33.3 Å². The Labute approximate surface area is 183 Å². The molecule has 5 aromatic rings. The van der Waals surface area contributed by atoms with Gasteiger partial charge in [0.1, 0.15) is 10.1 Å².